The summed E-state index contributed by atoms with van der Waals surface area (Å²) in [5.41, 5.74) is 2.62. The van der Waals surface area contributed by atoms with Crippen LogP contribution in [0.1, 0.15) is 19.4 Å². The molecule has 138 valence electrons. The van der Waals surface area contributed by atoms with Gasteiger partial charge in [0.15, 0.2) is 0 Å². The molecule has 1 fully saturated rings. The van der Waals surface area contributed by atoms with E-state index in [1.54, 1.807) is 24.0 Å². The van der Waals surface area contributed by atoms with Crippen molar-refractivity contribution in [2.45, 2.75) is 32.4 Å². The van der Waals surface area contributed by atoms with Crippen LogP contribution in [-0.4, -0.2) is 41.4 Å². The van der Waals surface area contributed by atoms with Crippen molar-refractivity contribution < 1.29 is 14.4 Å². The summed E-state index contributed by atoms with van der Waals surface area (Å²) in [4.78, 5) is 42.7. The molecule has 0 aromatic heterocycles. The van der Waals surface area contributed by atoms with Crippen LogP contribution in [0, 0.1) is 0 Å². The quantitative estimate of drug-likeness (QED) is 0.788. The maximum Gasteiger partial charge on any atom is 0.332 e. The van der Waals surface area contributed by atoms with Crippen LogP contribution in [0.25, 0.3) is 0 Å². The first kappa shape index (κ1) is 17.3. The van der Waals surface area contributed by atoms with Gasteiger partial charge < -0.3 is 4.90 Å². The summed E-state index contributed by atoms with van der Waals surface area (Å²) in [6.07, 6.45) is 0.774. The van der Waals surface area contributed by atoms with Gasteiger partial charge >= 0.3 is 6.03 Å². The molecule has 6 heteroatoms. The van der Waals surface area contributed by atoms with Gasteiger partial charge in [-0.1, -0.05) is 36.4 Å². The van der Waals surface area contributed by atoms with Gasteiger partial charge in [-0.05, 0) is 44.0 Å². The van der Waals surface area contributed by atoms with E-state index in [1.165, 1.54) is 4.90 Å². The highest BCUT2D eigenvalue weighted by molar-refractivity contribution is 6.16. The van der Waals surface area contributed by atoms with E-state index >= 15 is 0 Å². The number of benzene rings is 2. The second-order valence-electron chi connectivity index (χ2n) is 7.03. The summed E-state index contributed by atoms with van der Waals surface area (Å²) in [6, 6.07) is 15.7. The van der Waals surface area contributed by atoms with Crippen molar-refractivity contribution >= 4 is 29.2 Å². The fourth-order valence-corrected chi connectivity index (χ4v) is 3.95. The van der Waals surface area contributed by atoms with Crippen LogP contribution in [0.2, 0.25) is 0 Å². The molecule has 6 nitrogen and oxygen atoms in total. The Labute approximate surface area is 158 Å². The Kier molecular flexibility index (Phi) is 4.18. The molecule has 4 rings (SSSR count). The number of anilines is 2. The van der Waals surface area contributed by atoms with Crippen molar-refractivity contribution in [2.75, 3.05) is 16.3 Å². The number of carbonyl (C=O) groups excluding carboxylic acids is 3. The van der Waals surface area contributed by atoms with Gasteiger partial charge in [0, 0.05) is 17.4 Å². The van der Waals surface area contributed by atoms with E-state index < -0.39 is 12.1 Å². The number of rotatable bonds is 3. The number of urea groups is 1. The van der Waals surface area contributed by atoms with Crippen LogP contribution in [0.5, 0.6) is 0 Å². The molecule has 0 spiro atoms. The predicted molar refractivity (Wildman–Crippen MR) is 103 cm³/mol. The Morgan fingerprint density at radius 1 is 1.00 bits per heavy atom. The number of amides is 4. The zero-order chi connectivity index (χ0) is 19.1. The second-order valence-corrected chi connectivity index (χ2v) is 7.03. The van der Waals surface area contributed by atoms with Crippen molar-refractivity contribution in [1.82, 2.24) is 4.90 Å². The molecular formula is C21H21N3O3. The van der Waals surface area contributed by atoms with Gasteiger partial charge in [-0.2, -0.15) is 0 Å². The van der Waals surface area contributed by atoms with Gasteiger partial charge in [0.25, 0.3) is 5.91 Å². The maximum absolute atomic E-state index is 13.0. The van der Waals surface area contributed by atoms with Crippen molar-refractivity contribution in [2.24, 2.45) is 0 Å². The minimum absolute atomic E-state index is 0.00496. The van der Waals surface area contributed by atoms with Crippen molar-refractivity contribution in [3.63, 3.8) is 0 Å². The number of carbonyl (C=O) groups is 3. The van der Waals surface area contributed by atoms with Crippen LogP contribution < -0.4 is 9.80 Å². The maximum atomic E-state index is 13.0. The Morgan fingerprint density at radius 2 is 1.67 bits per heavy atom. The zero-order valence-electron chi connectivity index (χ0n) is 15.3. The van der Waals surface area contributed by atoms with Crippen molar-refractivity contribution in [3.05, 3.63) is 60.2 Å². The average Bonchev–Trinajstić information content (AvgIpc) is 3.11. The Balaban J connectivity index is 1.57. The molecule has 2 heterocycles. The van der Waals surface area contributed by atoms with E-state index in [1.807, 2.05) is 49.4 Å². The molecule has 0 bridgehead atoms. The van der Waals surface area contributed by atoms with Gasteiger partial charge in [0.2, 0.25) is 5.91 Å². The molecule has 2 aliphatic heterocycles. The first-order valence-electron chi connectivity index (χ1n) is 9.08. The highest BCUT2D eigenvalue weighted by Gasteiger charge is 2.45. The lowest BCUT2D eigenvalue weighted by molar-refractivity contribution is -0.131. The molecule has 4 amide bonds. The monoisotopic (exact) mass is 363 g/mol. The number of para-hydroxylation sites is 2. The van der Waals surface area contributed by atoms with E-state index in [-0.39, 0.29) is 24.4 Å². The lowest BCUT2D eigenvalue weighted by Gasteiger charge is -2.25. The highest BCUT2D eigenvalue weighted by Crippen LogP contribution is 2.32. The lowest BCUT2D eigenvalue weighted by atomic mass is 10.1. The van der Waals surface area contributed by atoms with E-state index in [4.69, 9.17) is 0 Å². The summed E-state index contributed by atoms with van der Waals surface area (Å²) in [7, 11) is 0. The Bertz CT molecular complexity index is 912. The number of imide groups is 1. The average molecular weight is 363 g/mol. The molecule has 27 heavy (non-hydrogen) atoms. The molecular weight excluding hydrogens is 342 g/mol. The van der Waals surface area contributed by atoms with Gasteiger partial charge in [-0.3, -0.25) is 19.4 Å². The predicted octanol–water partition coefficient (Wildman–Crippen LogP) is 2.82. The largest absolute Gasteiger partial charge is 0.332 e. The number of hydrogen-bond acceptors (Lipinski definition) is 3. The van der Waals surface area contributed by atoms with Crippen LogP contribution in [0.3, 0.4) is 0 Å². The summed E-state index contributed by atoms with van der Waals surface area (Å²) in [5.74, 6) is -0.589. The molecule has 0 radical (unpaired) electrons. The summed E-state index contributed by atoms with van der Waals surface area (Å²) < 4.78 is 0. The highest BCUT2D eigenvalue weighted by atomic mass is 16.2. The van der Waals surface area contributed by atoms with E-state index in [2.05, 4.69) is 0 Å². The first-order valence-corrected chi connectivity index (χ1v) is 9.08. The molecule has 1 saturated heterocycles. The van der Waals surface area contributed by atoms with E-state index in [0.717, 1.165) is 22.6 Å². The Hall–Kier alpha value is -3.15. The molecule has 2 aromatic rings. The SMILES string of the molecule is CC1Cc2ccccc2N1C(=O)CN1C(=O)C(C)N(c2ccccc2)C1=O. The van der Waals surface area contributed by atoms with E-state index in [9.17, 15) is 14.4 Å². The third-order valence-corrected chi connectivity index (χ3v) is 5.25. The normalized spacial score (nSPS) is 21.8. The number of fused-ring (bicyclic) bond motifs is 1. The number of nitrogens with zero attached hydrogens (tertiary/aromatic N) is 3. The van der Waals surface area contributed by atoms with Crippen molar-refractivity contribution in [1.29, 1.82) is 0 Å². The summed E-state index contributed by atoms with van der Waals surface area (Å²) in [5, 5.41) is 0. The second kappa shape index (κ2) is 6.54. The fourth-order valence-electron chi connectivity index (χ4n) is 3.95. The molecule has 2 aromatic carbocycles. The first-order chi connectivity index (χ1) is 13.0. The molecule has 2 unspecified atom stereocenters. The molecule has 2 atom stereocenters. The van der Waals surface area contributed by atoms with Crippen molar-refractivity contribution in [3.8, 4) is 0 Å². The molecule has 2 aliphatic rings. The van der Waals surface area contributed by atoms with Gasteiger partial charge in [-0.15, -0.1) is 0 Å². The van der Waals surface area contributed by atoms with Gasteiger partial charge in [0.1, 0.15) is 12.6 Å². The molecule has 0 saturated carbocycles. The minimum Gasteiger partial charge on any atom is -0.307 e. The summed E-state index contributed by atoms with van der Waals surface area (Å²) in [6.45, 7) is 3.42. The van der Waals surface area contributed by atoms with Crippen LogP contribution in [0.15, 0.2) is 54.6 Å². The molecule has 0 aliphatic carbocycles. The molecule has 0 N–H and O–H groups in total. The fraction of sp³-hybridized carbons (Fsp3) is 0.286. The summed E-state index contributed by atoms with van der Waals surface area (Å²) >= 11 is 0. The lowest BCUT2D eigenvalue weighted by Crippen LogP contribution is -2.45. The third-order valence-electron chi connectivity index (χ3n) is 5.25. The zero-order valence-corrected chi connectivity index (χ0v) is 15.3. The van der Waals surface area contributed by atoms with Crippen LogP contribution in [0.4, 0.5) is 16.2 Å². The third kappa shape index (κ3) is 2.77. The van der Waals surface area contributed by atoms with E-state index in [0.29, 0.717) is 5.69 Å². The van der Waals surface area contributed by atoms with Crippen LogP contribution in [-0.2, 0) is 16.0 Å². The standard InChI is InChI=1S/C21H21N3O3/c1-14-12-16-8-6-7-11-18(16)23(14)19(25)13-22-20(26)15(2)24(21(22)27)17-9-4-3-5-10-17/h3-11,14-15H,12-13H2,1-2H3. The minimum atomic E-state index is -0.629. The van der Waals surface area contributed by atoms with Gasteiger partial charge in [-0.25, -0.2) is 4.79 Å². The smallest absolute Gasteiger partial charge is 0.307 e. The van der Waals surface area contributed by atoms with Gasteiger partial charge in [0.05, 0.1) is 0 Å². The topological polar surface area (TPSA) is 60.9 Å². The number of hydrogen-bond donors (Lipinski definition) is 0. The van der Waals surface area contributed by atoms with Crippen LogP contribution >= 0.6 is 0 Å². The Morgan fingerprint density at radius 3 is 2.41 bits per heavy atom.